The second-order valence-corrected chi connectivity index (χ2v) is 6.38. The van der Waals surface area contributed by atoms with Crippen molar-refractivity contribution >= 4 is 29.0 Å². The molecule has 3 N–H and O–H groups in total. The molecule has 0 aliphatic rings. The number of hydrogen-bond acceptors (Lipinski definition) is 5. The number of hydrogen-bond donors (Lipinski definition) is 3. The lowest BCUT2D eigenvalue weighted by Crippen LogP contribution is -2.27. The molecule has 0 spiro atoms. The van der Waals surface area contributed by atoms with Crippen LogP contribution in [-0.4, -0.2) is 27.3 Å². The van der Waals surface area contributed by atoms with Crippen LogP contribution in [0.5, 0.6) is 0 Å². The standard InChI is InChI=1S/C17H21N5O2/c1-11(23)20-12-6-5-7-13(8-12)21-16(24)14-9-19-15(10-18-14)22-17(2,3)4/h5-10H,1-4H3,(H,19,22)(H,20,23)(H,21,24). The van der Waals surface area contributed by atoms with E-state index >= 15 is 0 Å². The van der Waals surface area contributed by atoms with Gasteiger partial charge in [-0.15, -0.1) is 0 Å². The zero-order valence-corrected chi connectivity index (χ0v) is 14.2. The van der Waals surface area contributed by atoms with E-state index in [1.807, 2.05) is 20.8 Å². The van der Waals surface area contributed by atoms with Crippen molar-refractivity contribution in [1.82, 2.24) is 9.97 Å². The van der Waals surface area contributed by atoms with Crippen molar-refractivity contribution in [3.8, 4) is 0 Å². The fourth-order valence-electron chi connectivity index (χ4n) is 1.97. The third-order valence-electron chi connectivity index (χ3n) is 2.83. The second-order valence-electron chi connectivity index (χ2n) is 6.38. The molecule has 126 valence electrons. The molecule has 1 aromatic carbocycles. The predicted molar refractivity (Wildman–Crippen MR) is 94.1 cm³/mol. The van der Waals surface area contributed by atoms with Gasteiger partial charge in [0, 0.05) is 23.8 Å². The first-order chi connectivity index (χ1) is 11.2. The number of nitrogens with one attached hydrogen (secondary N) is 3. The number of carbonyl (C=O) groups excluding carboxylic acids is 2. The van der Waals surface area contributed by atoms with E-state index in [-0.39, 0.29) is 23.0 Å². The maximum atomic E-state index is 12.2. The number of amides is 2. The lowest BCUT2D eigenvalue weighted by atomic mass is 10.1. The van der Waals surface area contributed by atoms with Crippen LogP contribution in [0.1, 0.15) is 38.2 Å². The Bertz CT molecular complexity index is 735. The Labute approximate surface area is 140 Å². The molecule has 0 atom stereocenters. The van der Waals surface area contributed by atoms with Crippen molar-refractivity contribution in [2.24, 2.45) is 0 Å². The molecule has 0 radical (unpaired) electrons. The molecule has 0 aliphatic carbocycles. The van der Waals surface area contributed by atoms with Crippen LogP contribution >= 0.6 is 0 Å². The molecule has 1 aromatic heterocycles. The molecule has 2 rings (SSSR count). The Hall–Kier alpha value is -2.96. The maximum Gasteiger partial charge on any atom is 0.275 e. The molecule has 0 fully saturated rings. The molecule has 2 aromatic rings. The highest BCUT2D eigenvalue weighted by atomic mass is 16.2. The number of anilines is 3. The Kier molecular flexibility index (Phi) is 5.13. The molecule has 24 heavy (non-hydrogen) atoms. The van der Waals surface area contributed by atoms with Crippen molar-refractivity contribution in [1.29, 1.82) is 0 Å². The first kappa shape index (κ1) is 17.4. The summed E-state index contributed by atoms with van der Waals surface area (Å²) in [5.41, 5.74) is 1.24. The highest BCUT2D eigenvalue weighted by Gasteiger charge is 2.12. The van der Waals surface area contributed by atoms with Crippen molar-refractivity contribution in [2.45, 2.75) is 33.2 Å². The van der Waals surface area contributed by atoms with E-state index in [2.05, 4.69) is 25.9 Å². The Morgan fingerprint density at radius 3 is 2.21 bits per heavy atom. The number of rotatable bonds is 4. The van der Waals surface area contributed by atoms with Crippen molar-refractivity contribution in [2.75, 3.05) is 16.0 Å². The monoisotopic (exact) mass is 327 g/mol. The first-order valence-electron chi connectivity index (χ1n) is 7.52. The van der Waals surface area contributed by atoms with Gasteiger partial charge in [-0.1, -0.05) is 6.07 Å². The summed E-state index contributed by atoms with van der Waals surface area (Å²) in [5, 5.41) is 8.56. The molecular formula is C17H21N5O2. The lowest BCUT2D eigenvalue weighted by molar-refractivity contribution is -0.114. The van der Waals surface area contributed by atoms with Gasteiger partial charge in [0.15, 0.2) is 0 Å². The van der Waals surface area contributed by atoms with Crippen molar-refractivity contribution in [3.63, 3.8) is 0 Å². The van der Waals surface area contributed by atoms with E-state index in [0.29, 0.717) is 17.2 Å². The summed E-state index contributed by atoms with van der Waals surface area (Å²) < 4.78 is 0. The van der Waals surface area contributed by atoms with Gasteiger partial charge in [-0.25, -0.2) is 9.97 Å². The summed E-state index contributed by atoms with van der Waals surface area (Å²) >= 11 is 0. The molecule has 0 saturated carbocycles. The molecule has 2 amide bonds. The lowest BCUT2D eigenvalue weighted by Gasteiger charge is -2.20. The summed E-state index contributed by atoms with van der Waals surface area (Å²) in [6.45, 7) is 7.46. The zero-order valence-electron chi connectivity index (χ0n) is 14.2. The minimum Gasteiger partial charge on any atom is -0.364 e. The predicted octanol–water partition coefficient (Wildman–Crippen LogP) is 2.90. The average molecular weight is 327 g/mol. The molecule has 0 saturated heterocycles. The Morgan fingerprint density at radius 1 is 1.00 bits per heavy atom. The van der Waals surface area contributed by atoms with Crippen LogP contribution in [0.4, 0.5) is 17.2 Å². The molecule has 7 heteroatoms. The van der Waals surface area contributed by atoms with E-state index in [9.17, 15) is 9.59 Å². The van der Waals surface area contributed by atoms with Crippen LogP contribution in [0.25, 0.3) is 0 Å². The Morgan fingerprint density at radius 2 is 1.67 bits per heavy atom. The van der Waals surface area contributed by atoms with E-state index in [0.717, 1.165) is 0 Å². The fraction of sp³-hybridized carbons (Fsp3) is 0.294. The zero-order chi connectivity index (χ0) is 17.7. The minimum absolute atomic E-state index is 0.136. The van der Waals surface area contributed by atoms with E-state index in [1.165, 1.54) is 19.3 Å². The van der Waals surface area contributed by atoms with Gasteiger partial charge in [-0.3, -0.25) is 9.59 Å². The number of benzene rings is 1. The quantitative estimate of drug-likeness (QED) is 0.802. The van der Waals surface area contributed by atoms with Crippen LogP contribution in [0.3, 0.4) is 0 Å². The summed E-state index contributed by atoms with van der Waals surface area (Å²) in [5.74, 6) is 0.0581. The van der Waals surface area contributed by atoms with Crippen LogP contribution in [-0.2, 0) is 4.79 Å². The number of carbonyl (C=O) groups is 2. The first-order valence-corrected chi connectivity index (χ1v) is 7.52. The number of aromatic nitrogens is 2. The summed E-state index contributed by atoms with van der Waals surface area (Å²) in [6.07, 6.45) is 2.94. The molecule has 0 bridgehead atoms. The smallest absolute Gasteiger partial charge is 0.275 e. The third kappa shape index (κ3) is 5.35. The molecule has 1 heterocycles. The molecule has 0 unspecified atom stereocenters. The van der Waals surface area contributed by atoms with Gasteiger partial charge in [0.05, 0.1) is 12.4 Å². The largest absolute Gasteiger partial charge is 0.364 e. The molecule has 0 aliphatic heterocycles. The van der Waals surface area contributed by atoms with E-state index in [4.69, 9.17) is 0 Å². The third-order valence-corrected chi connectivity index (χ3v) is 2.83. The van der Waals surface area contributed by atoms with Gasteiger partial charge >= 0.3 is 0 Å². The summed E-state index contributed by atoms with van der Waals surface area (Å²) in [7, 11) is 0. The minimum atomic E-state index is -0.371. The summed E-state index contributed by atoms with van der Waals surface area (Å²) in [6, 6.07) is 6.88. The van der Waals surface area contributed by atoms with Gasteiger partial charge < -0.3 is 16.0 Å². The van der Waals surface area contributed by atoms with Crippen LogP contribution < -0.4 is 16.0 Å². The van der Waals surface area contributed by atoms with Crippen LogP contribution in [0.2, 0.25) is 0 Å². The normalized spacial score (nSPS) is 10.8. The van der Waals surface area contributed by atoms with Gasteiger partial charge in [0.1, 0.15) is 11.5 Å². The summed E-state index contributed by atoms with van der Waals surface area (Å²) in [4.78, 5) is 31.6. The maximum absolute atomic E-state index is 12.2. The van der Waals surface area contributed by atoms with Gasteiger partial charge in [0.2, 0.25) is 5.91 Å². The SMILES string of the molecule is CC(=O)Nc1cccc(NC(=O)c2cnc(NC(C)(C)C)cn2)c1. The average Bonchev–Trinajstić information content (AvgIpc) is 2.46. The second kappa shape index (κ2) is 7.08. The van der Waals surface area contributed by atoms with E-state index in [1.54, 1.807) is 24.3 Å². The van der Waals surface area contributed by atoms with Crippen molar-refractivity contribution in [3.05, 3.63) is 42.4 Å². The molecular weight excluding hydrogens is 306 g/mol. The van der Waals surface area contributed by atoms with Gasteiger partial charge in [-0.2, -0.15) is 0 Å². The van der Waals surface area contributed by atoms with Crippen molar-refractivity contribution < 1.29 is 9.59 Å². The van der Waals surface area contributed by atoms with E-state index < -0.39 is 0 Å². The highest BCUT2D eigenvalue weighted by Crippen LogP contribution is 2.16. The van der Waals surface area contributed by atoms with Gasteiger partial charge in [-0.05, 0) is 39.0 Å². The Balaban J connectivity index is 2.06. The number of nitrogens with zero attached hydrogens (tertiary/aromatic N) is 2. The van der Waals surface area contributed by atoms with Crippen LogP contribution in [0, 0.1) is 0 Å². The van der Waals surface area contributed by atoms with Gasteiger partial charge in [0.25, 0.3) is 5.91 Å². The highest BCUT2D eigenvalue weighted by molar-refractivity contribution is 6.03. The topological polar surface area (TPSA) is 96.0 Å². The fourth-order valence-corrected chi connectivity index (χ4v) is 1.97. The molecule has 7 nitrogen and oxygen atoms in total. The van der Waals surface area contributed by atoms with Crippen LogP contribution in [0.15, 0.2) is 36.7 Å².